The molecule has 0 saturated heterocycles. The summed E-state index contributed by atoms with van der Waals surface area (Å²) in [5, 5.41) is 3.73. The average molecular weight is 378 g/mol. The molecule has 0 atom stereocenters. The molecular formula is C19H17F3N2OS. The van der Waals surface area contributed by atoms with Crippen molar-refractivity contribution in [3.8, 4) is 0 Å². The van der Waals surface area contributed by atoms with E-state index >= 15 is 0 Å². The number of thioether (sulfide) groups is 1. The summed E-state index contributed by atoms with van der Waals surface area (Å²) in [6.07, 6.45) is -1.78. The third kappa shape index (κ3) is 4.40. The third-order valence-electron chi connectivity index (χ3n) is 3.90. The van der Waals surface area contributed by atoms with Gasteiger partial charge in [0.15, 0.2) is 0 Å². The van der Waals surface area contributed by atoms with Crippen LogP contribution in [0.15, 0.2) is 53.6 Å². The minimum absolute atomic E-state index is 0.130. The van der Waals surface area contributed by atoms with Crippen molar-refractivity contribution in [2.75, 3.05) is 11.1 Å². The molecule has 0 aliphatic carbocycles. The first-order valence-corrected chi connectivity index (χ1v) is 8.99. The number of anilines is 1. The van der Waals surface area contributed by atoms with Gasteiger partial charge in [-0.05, 0) is 48.4 Å². The molecule has 0 unspecified atom stereocenters. The number of aryl methyl sites for hydroxylation is 1. The SMILES string of the molecule is CC(=O)Nc1c[nH]c2ccc(CCSc3ccc(C(F)(F)F)cc3)cc12. The molecule has 0 spiro atoms. The summed E-state index contributed by atoms with van der Waals surface area (Å²) in [5.74, 6) is 0.616. The molecule has 136 valence electrons. The number of nitrogens with one attached hydrogen (secondary N) is 2. The van der Waals surface area contributed by atoms with Gasteiger partial charge in [-0.2, -0.15) is 13.2 Å². The quantitative estimate of drug-likeness (QED) is 0.578. The van der Waals surface area contributed by atoms with E-state index in [2.05, 4.69) is 10.3 Å². The highest BCUT2D eigenvalue weighted by Crippen LogP contribution is 2.31. The Morgan fingerprint density at radius 3 is 2.54 bits per heavy atom. The lowest BCUT2D eigenvalue weighted by atomic mass is 10.1. The zero-order valence-corrected chi connectivity index (χ0v) is 14.8. The second-order valence-corrected chi connectivity index (χ2v) is 7.05. The number of alkyl halides is 3. The monoisotopic (exact) mass is 378 g/mol. The van der Waals surface area contributed by atoms with E-state index in [0.717, 1.165) is 51.4 Å². The van der Waals surface area contributed by atoms with Gasteiger partial charge in [0.25, 0.3) is 0 Å². The van der Waals surface area contributed by atoms with E-state index < -0.39 is 11.7 Å². The standard InChI is InChI=1S/C19H17F3N2OS/c1-12(25)24-18-11-23-17-7-2-13(10-16(17)18)8-9-26-15-5-3-14(4-6-15)19(20,21)22/h2-7,10-11,23H,8-9H2,1H3,(H,24,25). The summed E-state index contributed by atoms with van der Waals surface area (Å²) in [6.45, 7) is 1.46. The second kappa shape index (κ2) is 7.45. The number of hydrogen-bond acceptors (Lipinski definition) is 2. The molecule has 1 amide bonds. The smallest absolute Gasteiger partial charge is 0.359 e. The molecule has 2 N–H and O–H groups in total. The summed E-state index contributed by atoms with van der Waals surface area (Å²) >= 11 is 1.51. The van der Waals surface area contributed by atoms with Crippen LogP contribution in [0.4, 0.5) is 18.9 Å². The molecule has 2 aromatic carbocycles. The number of rotatable bonds is 5. The molecule has 1 heterocycles. The number of H-pyrrole nitrogens is 1. The average Bonchev–Trinajstić information content (AvgIpc) is 2.96. The minimum atomic E-state index is -4.30. The molecule has 0 aliphatic heterocycles. The third-order valence-corrected chi connectivity index (χ3v) is 4.91. The zero-order chi connectivity index (χ0) is 18.7. The van der Waals surface area contributed by atoms with Crippen LogP contribution in [0.3, 0.4) is 0 Å². The predicted octanol–water partition coefficient (Wildman–Crippen LogP) is 5.48. The van der Waals surface area contributed by atoms with Crippen molar-refractivity contribution < 1.29 is 18.0 Å². The molecule has 3 aromatic rings. The van der Waals surface area contributed by atoms with Crippen LogP contribution in [-0.4, -0.2) is 16.6 Å². The molecule has 26 heavy (non-hydrogen) atoms. The number of hydrogen-bond donors (Lipinski definition) is 2. The maximum Gasteiger partial charge on any atom is 0.416 e. The van der Waals surface area contributed by atoms with E-state index in [1.807, 2.05) is 18.2 Å². The van der Waals surface area contributed by atoms with Gasteiger partial charge < -0.3 is 10.3 Å². The molecule has 1 aromatic heterocycles. The van der Waals surface area contributed by atoms with Gasteiger partial charge in [-0.3, -0.25) is 4.79 Å². The zero-order valence-electron chi connectivity index (χ0n) is 14.0. The van der Waals surface area contributed by atoms with Crippen molar-refractivity contribution in [2.45, 2.75) is 24.4 Å². The lowest BCUT2D eigenvalue weighted by Gasteiger charge is -2.08. The maximum absolute atomic E-state index is 12.6. The number of benzene rings is 2. The Bertz CT molecular complexity index is 917. The van der Waals surface area contributed by atoms with Crippen LogP contribution in [0.1, 0.15) is 18.1 Å². The fraction of sp³-hybridized carbons (Fsp3) is 0.211. The lowest BCUT2D eigenvalue weighted by Crippen LogP contribution is -2.04. The lowest BCUT2D eigenvalue weighted by molar-refractivity contribution is -0.137. The normalized spacial score (nSPS) is 11.7. The van der Waals surface area contributed by atoms with E-state index in [1.165, 1.54) is 30.8 Å². The van der Waals surface area contributed by atoms with Gasteiger partial charge in [0.2, 0.25) is 5.91 Å². The first kappa shape index (κ1) is 18.4. The van der Waals surface area contributed by atoms with E-state index in [4.69, 9.17) is 0 Å². The number of aromatic nitrogens is 1. The van der Waals surface area contributed by atoms with Gasteiger partial charge >= 0.3 is 6.18 Å². The largest absolute Gasteiger partial charge is 0.416 e. The molecule has 3 rings (SSSR count). The summed E-state index contributed by atoms with van der Waals surface area (Å²) in [5.41, 5.74) is 2.14. The van der Waals surface area contributed by atoms with Gasteiger partial charge in [-0.15, -0.1) is 11.8 Å². The van der Waals surface area contributed by atoms with E-state index in [9.17, 15) is 18.0 Å². The van der Waals surface area contributed by atoms with Gasteiger partial charge in [0.1, 0.15) is 0 Å². The Morgan fingerprint density at radius 1 is 1.15 bits per heavy atom. The van der Waals surface area contributed by atoms with Crippen molar-refractivity contribution in [1.29, 1.82) is 0 Å². The van der Waals surface area contributed by atoms with E-state index in [0.29, 0.717) is 0 Å². The number of fused-ring (bicyclic) bond motifs is 1. The molecule has 0 radical (unpaired) electrons. The molecule has 7 heteroatoms. The summed E-state index contributed by atoms with van der Waals surface area (Å²) < 4.78 is 37.7. The Hall–Kier alpha value is -2.41. The molecular weight excluding hydrogens is 361 g/mol. The number of aromatic amines is 1. The van der Waals surface area contributed by atoms with Crippen molar-refractivity contribution in [1.82, 2.24) is 4.98 Å². The summed E-state index contributed by atoms with van der Waals surface area (Å²) in [6, 6.07) is 11.2. The highest BCUT2D eigenvalue weighted by atomic mass is 32.2. The first-order chi connectivity index (χ1) is 12.3. The van der Waals surface area contributed by atoms with Crippen molar-refractivity contribution in [2.24, 2.45) is 0 Å². The fourth-order valence-corrected chi connectivity index (χ4v) is 3.55. The molecule has 0 aliphatic rings. The Morgan fingerprint density at radius 2 is 1.88 bits per heavy atom. The van der Waals surface area contributed by atoms with Crippen LogP contribution in [0, 0.1) is 0 Å². The highest BCUT2D eigenvalue weighted by molar-refractivity contribution is 7.99. The van der Waals surface area contributed by atoms with Crippen molar-refractivity contribution in [3.05, 3.63) is 59.8 Å². The predicted molar refractivity (Wildman–Crippen MR) is 98.5 cm³/mol. The Labute approximate surface area is 153 Å². The molecule has 0 saturated carbocycles. The van der Waals surface area contributed by atoms with Crippen molar-refractivity contribution >= 4 is 34.3 Å². The summed E-state index contributed by atoms with van der Waals surface area (Å²) in [7, 11) is 0. The van der Waals surface area contributed by atoms with Gasteiger partial charge in [-0.1, -0.05) is 6.07 Å². The number of amides is 1. The highest BCUT2D eigenvalue weighted by Gasteiger charge is 2.29. The second-order valence-electron chi connectivity index (χ2n) is 5.88. The van der Waals surface area contributed by atoms with Crippen molar-refractivity contribution in [3.63, 3.8) is 0 Å². The van der Waals surface area contributed by atoms with Gasteiger partial charge in [0, 0.05) is 34.7 Å². The minimum Gasteiger partial charge on any atom is -0.359 e. The molecule has 0 fully saturated rings. The number of carbonyl (C=O) groups is 1. The van der Waals surface area contributed by atoms with Crippen LogP contribution >= 0.6 is 11.8 Å². The topological polar surface area (TPSA) is 44.9 Å². The maximum atomic E-state index is 12.6. The molecule has 3 nitrogen and oxygen atoms in total. The van der Waals surface area contributed by atoms with Crippen LogP contribution in [0.25, 0.3) is 10.9 Å². The fourth-order valence-electron chi connectivity index (χ4n) is 2.64. The van der Waals surface area contributed by atoms with Gasteiger partial charge in [0.05, 0.1) is 11.3 Å². The van der Waals surface area contributed by atoms with Crippen LogP contribution in [0.2, 0.25) is 0 Å². The molecule has 0 bridgehead atoms. The van der Waals surface area contributed by atoms with Crippen LogP contribution < -0.4 is 5.32 Å². The van der Waals surface area contributed by atoms with E-state index in [-0.39, 0.29) is 5.91 Å². The first-order valence-electron chi connectivity index (χ1n) is 8.00. The Kier molecular flexibility index (Phi) is 5.27. The van der Waals surface area contributed by atoms with Crippen LogP contribution in [-0.2, 0) is 17.4 Å². The van der Waals surface area contributed by atoms with E-state index in [1.54, 1.807) is 6.20 Å². The number of halogens is 3. The van der Waals surface area contributed by atoms with Gasteiger partial charge in [-0.25, -0.2) is 0 Å². The number of carbonyl (C=O) groups excluding carboxylic acids is 1. The Balaban J connectivity index is 1.63. The summed E-state index contributed by atoms with van der Waals surface area (Å²) in [4.78, 5) is 15.2. The van der Waals surface area contributed by atoms with Crippen LogP contribution in [0.5, 0.6) is 0 Å².